The Hall–Kier alpha value is -1.35. The van der Waals surface area contributed by atoms with Crippen molar-refractivity contribution in [2.45, 2.75) is 53.7 Å². The zero-order valence-electron chi connectivity index (χ0n) is 13.1. The van der Waals surface area contributed by atoms with Gasteiger partial charge in [-0.05, 0) is 69.4 Å². The lowest BCUT2D eigenvalue weighted by Gasteiger charge is -2.27. The summed E-state index contributed by atoms with van der Waals surface area (Å²) in [5.41, 5.74) is 4.77. The molecule has 0 aliphatic rings. The van der Waals surface area contributed by atoms with Crippen LogP contribution in [0.1, 0.15) is 41.7 Å². The van der Waals surface area contributed by atoms with Crippen LogP contribution in [0, 0.1) is 27.7 Å². The van der Waals surface area contributed by atoms with Gasteiger partial charge >= 0.3 is 0 Å². The van der Waals surface area contributed by atoms with Gasteiger partial charge in [0.05, 0.1) is 0 Å². The minimum absolute atomic E-state index is 0.259. The summed E-state index contributed by atoms with van der Waals surface area (Å²) in [6.45, 7) is 11.9. The van der Waals surface area contributed by atoms with Crippen molar-refractivity contribution in [3.05, 3.63) is 33.9 Å². The number of nitrogens with zero attached hydrogens (tertiary/aromatic N) is 1. The van der Waals surface area contributed by atoms with Gasteiger partial charge in [-0.3, -0.25) is 4.79 Å². The van der Waals surface area contributed by atoms with Crippen LogP contribution >= 0.6 is 0 Å². The SMILES string of the molecule is Cc1cc(C)c(C)c(CN(C)C(=O)C(C)(C)O)c1C. The molecule has 0 aliphatic carbocycles. The lowest BCUT2D eigenvalue weighted by Crippen LogP contribution is -2.42. The smallest absolute Gasteiger partial charge is 0.253 e. The average Bonchev–Trinajstić information content (AvgIpc) is 2.29. The Balaban J connectivity index is 3.10. The van der Waals surface area contributed by atoms with E-state index in [0.29, 0.717) is 6.54 Å². The van der Waals surface area contributed by atoms with E-state index in [9.17, 15) is 9.90 Å². The number of likely N-dealkylation sites (N-methyl/N-ethyl adjacent to an activating group) is 1. The first-order chi connectivity index (χ1) is 8.55. The first-order valence-corrected chi connectivity index (χ1v) is 6.60. The van der Waals surface area contributed by atoms with Crippen molar-refractivity contribution in [2.24, 2.45) is 0 Å². The van der Waals surface area contributed by atoms with Crippen LogP contribution in [-0.2, 0) is 11.3 Å². The van der Waals surface area contributed by atoms with Crippen LogP contribution in [0.2, 0.25) is 0 Å². The Kier molecular flexibility index (Phi) is 4.41. The summed E-state index contributed by atoms with van der Waals surface area (Å²) in [6.07, 6.45) is 0. The lowest BCUT2D eigenvalue weighted by molar-refractivity contribution is -0.147. The van der Waals surface area contributed by atoms with Gasteiger partial charge in [-0.1, -0.05) is 6.07 Å². The van der Waals surface area contributed by atoms with Crippen LogP contribution < -0.4 is 0 Å². The highest BCUT2D eigenvalue weighted by Gasteiger charge is 2.27. The van der Waals surface area contributed by atoms with Crippen molar-refractivity contribution in [2.75, 3.05) is 7.05 Å². The summed E-state index contributed by atoms with van der Waals surface area (Å²) in [5, 5.41) is 9.79. The molecular formula is C16H25NO2. The van der Waals surface area contributed by atoms with E-state index in [1.165, 1.54) is 41.7 Å². The van der Waals surface area contributed by atoms with Gasteiger partial charge in [0.15, 0.2) is 0 Å². The summed E-state index contributed by atoms with van der Waals surface area (Å²) in [5.74, 6) is -0.259. The minimum Gasteiger partial charge on any atom is -0.381 e. The van der Waals surface area contributed by atoms with Gasteiger partial charge < -0.3 is 10.0 Å². The molecule has 19 heavy (non-hydrogen) atoms. The molecule has 0 saturated carbocycles. The van der Waals surface area contributed by atoms with Gasteiger partial charge in [-0.2, -0.15) is 0 Å². The topological polar surface area (TPSA) is 40.5 Å². The number of hydrogen-bond donors (Lipinski definition) is 1. The van der Waals surface area contributed by atoms with Gasteiger partial charge in [0, 0.05) is 13.6 Å². The fourth-order valence-corrected chi connectivity index (χ4v) is 2.31. The molecular weight excluding hydrogens is 238 g/mol. The largest absolute Gasteiger partial charge is 0.381 e. The molecule has 0 heterocycles. The molecule has 0 radical (unpaired) electrons. The summed E-state index contributed by atoms with van der Waals surface area (Å²) in [4.78, 5) is 13.6. The second-order valence-electron chi connectivity index (χ2n) is 5.96. The van der Waals surface area contributed by atoms with Crippen LogP contribution in [0.15, 0.2) is 6.07 Å². The monoisotopic (exact) mass is 263 g/mol. The molecule has 0 aromatic heterocycles. The molecule has 0 fully saturated rings. The normalized spacial score (nSPS) is 11.6. The number of benzene rings is 1. The summed E-state index contributed by atoms with van der Waals surface area (Å²) < 4.78 is 0. The molecule has 106 valence electrons. The lowest BCUT2D eigenvalue weighted by atomic mass is 9.93. The fourth-order valence-electron chi connectivity index (χ4n) is 2.31. The molecule has 1 aromatic carbocycles. The van der Waals surface area contributed by atoms with Crippen LogP contribution in [0.5, 0.6) is 0 Å². The van der Waals surface area contributed by atoms with E-state index >= 15 is 0 Å². The molecule has 1 rings (SSSR count). The molecule has 0 saturated heterocycles. The molecule has 0 atom stereocenters. The maximum absolute atomic E-state index is 12.0. The number of hydrogen-bond acceptors (Lipinski definition) is 2. The number of carbonyl (C=O) groups is 1. The van der Waals surface area contributed by atoms with Crippen LogP contribution in [0.3, 0.4) is 0 Å². The molecule has 1 aromatic rings. The average molecular weight is 263 g/mol. The predicted molar refractivity (Wildman–Crippen MR) is 78.2 cm³/mol. The Morgan fingerprint density at radius 3 is 1.95 bits per heavy atom. The standard InChI is InChI=1S/C16H25NO2/c1-10-8-11(2)13(4)14(12(10)3)9-17(7)15(18)16(5,6)19/h8,19H,9H2,1-7H3. The minimum atomic E-state index is -1.32. The van der Waals surface area contributed by atoms with Crippen LogP contribution in [-0.4, -0.2) is 28.6 Å². The number of carbonyl (C=O) groups excluding carboxylic acids is 1. The van der Waals surface area contributed by atoms with Crippen LogP contribution in [0.4, 0.5) is 0 Å². The van der Waals surface area contributed by atoms with Gasteiger partial charge in [0.2, 0.25) is 0 Å². The van der Waals surface area contributed by atoms with E-state index in [1.54, 1.807) is 11.9 Å². The number of aryl methyl sites for hydroxylation is 2. The Labute approximate surface area is 116 Å². The van der Waals surface area contributed by atoms with E-state index < -0.39 is 5.60 Å². The second kappa shape index (κ2) is 5.33. The van der Waals surface area contributed by atoms with Crippen LogP contribution in [0.25, 0.3) is 0 Å². The van der Waals surface area contributed by atoms with Crippen molar-refractivity contribution in [1.82, 2.24) is 4.90 Å². The van der Waals surface area contributed by atoms with Crippen molar-refractivity contribution in [3.63, 3.8) is 0 Å². The predicted octanol–water partition coefficient (Wildman–Crippen LogP) is 2.65. The van der Waals surface area contributed by atoms with E-state index in [-0.39, 0.29) is 5.91 Å². The number of aliphatic hydroxyl groups is 1. The molecule has 3 nitrogen and oxygen atoms in total. The highest BCUT2D eigenvalue weighted by molar-refractivity contribution is 5.83. The molecule has 0 unspecified atom stereocenters. The molecule has 0 bridgehead atoms. The second-order valence-corrected chi connectivity index (χ2v) is 5.96. The first-order valence-electron chi connectivity index (χ1n) is 6.60. The zero-order chi connectivity index (χ0) is 15.0. The molecule has 3 heteroatoms. The van der Waals surface area contributed by atoms with Gasteiger partial charge in [-0.15, -0.1) is 0 Å². The van der Waals surface area contributed by atoms with E-state index in [0.717, 1.165) is 0 Å². The van der Waals surface area contributed by atoms with E-state index in [1.807, 2.05) is 0 Å². The Morgan fingerprint density at radius 1 is 1.16 bits per heavy atom. The Morgan fingerprint density at radius 2 is 1.58 bits per heavy atom. The zero-order valence-corrected chi connectivity index (χ0v) is 13.1. The van der Waals surface area contributed by atoms with Crippen molar-refractivity contribution in [3.8, 4) is 0 Å². The maximum Gasteiger partial charge on any atom is 0.253 e. The van der Waals surface area contributed by atoms with Gasteiger partial charge in [0.1, 0.15) is 5.60 Å². The summed E-state index contributed by atoms with van der Waals surface area (Å²) >= 11 is 0. The highest BCUT2D eigenvalue weighted by atomic mass is 16.3. The Bertz CT molecular complexity index is 472. The quantitative estimate of drug-likeness (QED) is 0.910. The van der Waals surface area contributed by atoms with Crippen molar-refractivity contribution < 1.29 is 9.90 Å². The van der Waals surface area contributed by atoms with Crippen molar-refractivity contribution >= 4 is 5.91 Å². The van der Waals surface area contributed by atoms with E-state index in [4.69, 9.17) is 0 Å². The third-order valence-electron chi connectivity index (χ3n) is 3.79. The van der Waals surface area contributed by atoms with Gasteiger partial charge in [0.25, 0.3) is 5.91 Å². The number of amides is 1. The fraction of sp³-hybridized carbons (Fsp3) is 0.562. The first kappa shape index (κ1) is 15.7. The van der Waals surface area contributed by atoms with Gasteiger partial charge in [-0.25, -0.2) is 0 Å². The molecule has 0 spiro atoms. The summed E-state index contributed by atoms with van der Waals surface area (Å²) in [6, 6.07) is 2.17. The number of rotatable bonds is 3. The third kappa shape index (κ3) is 3.35. The van der Waals surface area contributed by atoms with Crippen molar-refractivity contribution in [1.29, 1.82) is 0 Å². The highest BCUT2D eigenvalue weighted by Crippen LogP contribution is 2.23. The maximum atomic E-state index is 12.0. The molecule has 0 aliphatic heterocycles. The molecule has 1 amide bonds. The third-order valence-corrected chi connectivity index (χ3v) is 3.79. The van der Waals surface area contributed by atoms with E-state index in [2.05, 4.69) is 33.8 Å². The summed E-state index contributed by atoms with van der Waals surface area (Å²) in [7, 11) is 1.73. The molecule has 1 N–H and O–H groups in total.